The molecule has 0 saturated carbocycles. The van der Waals surface area contributed by atoms with Crippen molar-refractivity contribution in [2.24, 2.45) is 0 Å². The Hall–Kier alpha value is -3.92. The highest BCUT2D eigenvalue weighted by Crippen LogP contribution is 2.31. The molecule has 5 rings (SSSR count). The summed E-state index contributed by atoms with van der Waals surface area (Å²) >= 11 is 0.658. The van der Waals surface area contributed by atoms with E-state index in [-0.39, 0.29) is 28.0 Å². The average molecular weight is 483 g/mol. The topological polar surface area (TPSA) is 77.0 Å². The lowest BCUT2D eigenvalue weighted by molar-refractivity contribution is -0.139. The molecule has 0 unspecified atom stereocenters. The minimum Gasteiger partial charge on any atom is -0.487 e. The van der Waals surface area contributed by atoms with E-state index in [0.29, 0.717) is 32.3 Å². The first-order chi connectivity index (χ1) is 16.3. The van der Waals surface area contributed by atoms with E-state index in [1.54, 1.807) is 24.3 Å². The zero-order valence-corrected chi connectivity index (χ0v) is 18.2. The molecule has 10 heteroatoms. The van der Waals surface area contributed by atoms with E-state index in [4.69, 9.17) is 4.74 Å². The Kier molecular flexibility index (Phi) is 5.45. The molecule has 0 amide bonds. The number of H-pyrrole nitrogens is 1. The maximum atomic E-state index is 12.9. The number of halogens is 3. The lowest BCUT2D eigenvalue weighted by atomic mass is 10.1. The van der Waals surface area contributed by atoms with Gasteiger partial charge < -0.3 is 9.72 Å². The van der Waals surface area contributed by atoms with Gasteiger partial charge in [0.1, 0.15) is 30.1 Å². The smallest absolute Gasteiger partial charge is 0.407 e. The number of hydrogen-bond donors (Lipinski definition) is 1. The monoisotopic (exact) mass is 483 g/mol. The van der Waals surface area contributed by atoms with Gasteiger partial charge in [0.25, 0.3) is 11.1 Å². The Bertz CT molecular complexity index is 1620. The van der Waals surface area contributed by atoms with Gasteiger partial charge >= 0.3 is 6.18 Å². The van der Waals surface area contributed by atoms with E-state index in [1.165, 1.54) is 12.1 Å². The Labute approximate surface area is 194 Å². The molecule has 0 spiro atoms. The van der Waals surface area contributed by atoms with E-state index in [9.17, 15) is 22.8 Å². The van der Waals surface area contributed by atoms with Crippen LogP contribution >= 0.6 is 11.5 Å². The number of aromatic amines is 1. The van der Waals surface area contributed by atoms with Crippen LogP contribution < -0.4 is 15.9 Å². The maximum absolute atomic E-state index is 12.9. The Balaban J connectivity index is 1.63. The van der Waals surface area contributed by atoms with Gasteiger partial charge in [0, 0.05) is 5.56 Å². The molecular weight excluding hydrogens is 467 g/mol. The number of aromatic nitrogens is 3. The van der Waals surface area contributed by atoms with Crippen LogP contribution in [0, 0.1) is 0 Å². The Morgan fingerprint density at radius 2 is 1.74 bits per heavy atom. The highest BCUT2D eigenvalue weighted by molar-refractivity contribution is 7.14. The fourth-order valence-electron chi connectivity index (χ4n) is 3.66. The fourth-order valence-corrected chi connectivity index (χ4v) is 4.79. The number of fused-ring (bicyclic) bond motifs is 2. The van der Waals surface area contributed by atoms with E-state index in [1.807, 2.05) is 30.3 Å². The second-order valence-corrected chi connectivity index (χ2v) is 8.60. The number of rotatable bonds is 5. The largest absolute Gasteiger partial charge is 0.487 e. The van der Waals surface area contributed by atoms with Crippen LogP contribution in [-0.2, 0) is 13.2 Å². The molecule has 2 heterocycles. The summed E-state index contributed by atoms with van der Waals surface area (Å²) in [7, 11) is 0. The third kappa shape index (κ3) is 4.19. The van der Waals surface area contributed by atoms with Crippen LogP contribution in [0.5, 0.6) is 5.75 Å². The van der Waals surface area contributed by atoms with Gasteiger partial charge in [0.2, 0.25) is 0 Å². The molecule has 2 aromatic heterocycles. The summed E-state index contributed by atoms with van der Waals surface area (Å²) in [6, 6.07) is 19.2. The molecule has 0 aliphatic rings. The number of nitrogens with zero attached hydrogens (tertiary/aromatic N) is 2. The van der Waals surface area contributed by atoms with Crippen LogP contribution in [0.15, 0.2) is 76.3 Å². The summed E-state index contributed by atoms with van der Waals surface area (Å²) in [5, 5.41) is 0.0988. The van der Waals surface area contributed by atoms with Crippen LogP contribution in [0.3, 0.4) is 0 Å². The summed E-state index contributed by atoms with van der Waals surface area (Å²) in [6.07, 6.45) is -4.55. The number of alkyl halides is 3. The summed E-state index contributed by atoms with van der Waals surface area (Å²) in [6.45, 7) is -1.11. The van der Waals surface area contributed by atoms with Gasteiger partial charge in [-0.2, -0.15) is 13.2 Å². The molecule has 0 saturated heterocycles. The number of ether oxygens (including phenoxy) is 1. The van der Waals surface area contributed by atoms with Crippen molar-refractivity contribution >= 4 is 32.7 Å². The second kappa shape index (κ2) is 8.45. The zero-order valence-electron chi connectivity index (χ0n) is 17.4. The van der Waals surface area contributed by atoms with Gasteiger partial charge in [-0.1, -0.05) is 60.1 Å². The molecule has 172 valence electrons. The summed E-state index contributed by atoms with van der Waals surface area (Å²) in [5.41, 5.74) is 0.786. The number of para-hydroxylation sites is 1. The van der Waals surface area contributed by atoms with E-state index >= 15 is 0 Å². The van der Waals surface area contributed by atoms with Gasteiger partial charge in [-0.05, 0) is 23.8 Å². The Morgan fingerprint density at radius 3 is 2.50 bits per heavy atom. The van der Waals surface area contributed by atoms with Crippen LogP contribution in [0.4, 0.5) is 13.2 Å². The molecule has 0 bridgehead atoms. The van der Waals surface area contributed by atoms with Gasteiger partial charge in [-0.3, -0.25) is 13.5 Å². The molecule has 0 radical (unpaired) electrons. The lowest BCUT2D eigenvalue weighted by Gasteiger charge is -2.10. The van der Waals surface area contributed by atoms with Crippen LogP contribution in [0.2, 0.25) is 0 Å². The molecule has 34 heavy (non-hydrogen) atoms. The zero-order chi connectivity index (χ0) is 23.9. The summed E-state index contributed by atoms with van der Waals surface area (Å²) in [5.74, 6) is 0.439. The quantitative estimate of drug-likeness (QED) is 0.377. The lowest BCUT2D eigenvalue weighted by Crippen LogP contribution is -2.23. The number of nitrogens with one attached hydrogen (secondary N) is 1. The minimum absolute atomic E-state index is 0.00531. The second-order valence-electron chi connectivity index (χ2n) is 7.57. The molecule has 0 aliphatic heterocycles. The van der Waals surface area contributed by atoms with Gasteiger partial charge in [-0.25, -0.2) is 4.98 Å². The first-order valence-corrected chi connectivity index (χ1v) is 11.0. The highest BCUT2D eigenvalue weighted by atomic mass is 32.1. The van der Waals surface area contributed by atoms with Crippen molar-refractivity contribution in [3.05, 3.63) is 93.0 Å². The van der Waals surface area contributed by atoms with Crippen molar-refractivity contribution in [3.63, 3.8) is 0 Å². The molecule has 5 aromatic rings. The van der Waals surface area contributed by atoms with E-state index < -0.39 is 23.8 Å². The molecule has 1 N–H and O–H groups in total. The first-order valence-electron chi connectivity index (χ1n) is 10.2. The summed E-state index contributed by atoms with van der Waals surface area (Å²) in [4.78, 5) is 32.7. The van der Waals surface area contributed by atoms with Crippen molar-refractivity contribution in [1.82, 2.24) is 13.9 Å². The molecule has 0 fully saturated rings. The fraction of sp³-hybridized carbons (Fsp3) is 0.125. The van der Waals surface area contributed by atoms with Crippen LogP contribution in [0.1, 0.15) is 5.56 Å². The van der Waals surface area contributed by atoms with E-state index in [0.717, 1.165) is 5.56 Å². The average Bonchev–Trinajstić information content (AvgIpc) is 3.12. The predicted octanol–water partition coefficient (Wildman–Crippen LogP) is 5.11. The third-order valence-electron chi connectivity index (χ3n) is 5.17. The SMILES string of the molecule is O=c1[nH]c2cccc(OCc3ccccc3)c2nc1-c1cccc2c(=O)n(CC(F)(F)F)sc12. The summed E-state index contributed by atoms with van der Waals surface area (Å²) < 4.78 is 45.6. The number of benzene rings is 3. The first kappa shape index (κ1) is 21.9. The molecule has 0 atom stereocenters. The highest BCUT2D eigenvalue weighted by Gasteiger charge is 2.30. The van der Waals surface area contributed by atoms with Crippen molar-refractivity contribution in [3.8, 4) is 17.0 Å². The third-order valence-corrected chi connectivity index (χ3v) is 6.31. The van der Waals surface area contributed by atoms with Crippen molar-refractivity contribution < 1.29 is 17.9 Å². The van der Waals surface area contributed by atoms with Gasteiger partial charge in [0.05, 0.1) is 15.6 Å². The van der Waals surface area contributed by atoms with Crippen molar-refractivity contribution in [2.75, 3.05) is 0 Å². The van der Waals surface area contributed by atoms with E-state index in [2.05, 4.69) is 9.97 Å². The molecule has 0 aliphatic carbocycles. The number of hydrogen-bond acceptors (Lipinski definition) is 5. The molecular formula is C24H16F3N3O3S. The van der Waals surface area contributed by atoms with Crippen molar-refractivity contribution in [2.45, 2.75) is 19.3 Å². The predicted molar refractivity (Wildman–Crippen MR) is 124 cm³/mol. The molecule has 3 aromatic carbocycles. The van der Waals surface area contributed by atoms with Gasteiger partial charge in [-0.15, -0.1) is 0 Å². The normalized spacial score (nSPS) is 11.9. The van der Waals surface area contributed by atoms with Crippen LogP contribution in [-0.4, -0.2) is 20.1 Å². The maximum Gasteiger partial charge on any atom is 0.407 e. The van der Waals surface area contributed by atoms with Gasteiger partial charge in [0.15, 0.2) is 0 Å². The Morgan fingerprint density at radius 1 is 0.971 bits per heavy atom. The minimum atomic E-state index is -4.55. The van der Waals surface area contributed by atoms with Crippen LogP contribution in [0.25, 0.3) is 32.4 Å². The molecule has 6 nitrogen and oxygen atoms in total. The standard InChI is InChI=1S/C24H16F3N3O3S/c25-24(26,27)13-30-23(32)16-9-4-8-15(21(16)34-30)19-22(31)28-17-10-5-11-18(20(17)29-19)33-12-14-6-2-1-3-7-14/h1-11H,12-13H2,(H,28,31). The van der Waals surface area contributed by atoms with Crippen molar-refractivity contribution in [1.29, 1.82) is 0 Å².